The molecule has 4 aromatic carbocycles. The van der Waals surface area contributed by atoms with E-state index in [1.54, 1.807) is 0 Å². The van der Waals surface area contributed by atoms with Gasteiger partial charge in [-0.1, -0.05) is 144 Å². The van der Waals surface area contributed by atoms with Gasteiger partial charge in [-0.15, -0.1) is 17.0 Å². The molecule has 4 rings (SSSR count). The van der Waals surface area contributed by atoms with Crippen LogP contribution in [0.3, 0.4) is 0 Å². The van der Waals surface area contributed by atoms with Crippen LogP contribution < -0.4 is 0 Å². The number of halogens is 2. The predicted molar refractivity (Wildman–Crippen MR) is 139 cm³/mol. The highest BCUT2D eigenvalue weighted by molar-refractivity contribution is 9.09. The van der Waals surface area contributed by atoms with Gasteiger partial charge >= 0.3 is 0 Å². The Morgan fingerprint density at radius 2 is 0.800 bits per heavy atom. The van der Waals surface area contributed by atoms with Crippen LogP contribution in [0.25, 0.3) is 0 Å². The summed E-state index contributed by atoms with van der Waals surface area (Å²) in [5.74, 6) is 0.484. The Labute approximate surface area is 199 Å². The van der Waals surface area contributed by atoms with Crippen molar-refractivity contribution in [1.29, 1.82) is 0 Å². The second kappa shape index (κ2) is 11.9. The van der Waals surface area contributed by atoms with E-state index >= 15 is 0 Å². The molecule has 0 radical (unpaired) electrons. The van der Waals surface area contributed by atoms with Gasteiger partial charge in [0.05, 0.1) is 4.32 Å². The van der Waals surface area contributed by atoms with Crippen molar-refractivity contribution in [2.45, 2.75) is 24.1 Å². The molecule has 0 heterocycles. The molecule has 0 aromatic heterocycles. The van der Waals surface area contributed by atoms with Crippen LogP contribution in [0.1, 0.15) is 42.0 Å². The lowest BCUT2D eigenvalue weighted by Crippen LogP contribution is -2.14. The Balaban J connectivity index is 0.000000207. The first-order valence-corrected chi connectivity index (χ1v) is 10.8. The lowest BCUT2D eigenvalue weighted by molar-refractivity contribution is 0.860. The number of alkyl halides is 1. The molecule has 0 atom stereocenters. The third-order valence-corrected chi connectivity index (χ3v) is 6.15. The average Bonchev–Trinajstić information content (AvgIpc) is 2.81. The summed E-state index contributed by atoms with van der Waals surface area (Å²) >= 11 is 3.80. The molecule has 0 aliphatic heterocycles. The van der Waals surface area contributed by atoms with Crippen molar-refractivity contribution in [3.8, 4) is 0 Å². The molecule has 154 valence electrons. The summed E-state index contributed by atoms with van der Waals surface area (Å²) in [5, 5.41) is 0. The van der Waals surface area contributed by atoms with E-state index < -0.39 is 0 Å². The first kappa shape index (κ1) is 24.1. The molecule has 0 N–H and O–H groups in total. The molecule has 2 heteroatoms. The number of rotatable bonds is 4. The predicted octanol–water partition coefficient (Wildman–Crippen LogP) is 8.76. The molecule has 0 amide bonds. The fourth-order valence-corrected chi connectivity index (χ4v) is 3.87. The van der Waals surface area contributed by atoms with E-state index in [4.69, 9.17) is 0 Å². The normalized spacial score (nSPS) is 10.5. The minimum absolute atomic E-state index is 0. The first-order chi connectivity index (χ1) is 14.1. The van der Waals surface area contributed by atoms with Crippen LogP contribution in [0.4, 0.5) is 0 Å². The van der Waals surface area contributed by atoms with Gasteiger partial charge in [0.1, 0.15) is 0 Å². The quantitative estimate of drug-likeness (QED) is 0.234. The van der Waals surface area contributed by atoms with E-state index in [1.165, 1.54) is 22.3 Å². The Bertz CT molecular complexity index is 885. The van der Waals surface area contributed by atoms with Gasteiger partial charge in [0, 0.05) is 5.92 Å². The molecule has 0 unspecified atom stereocenters. The summed E-state index contributed by atoms with van der Waals surface area (Å²) in [7, 11) is 0. The Kier molecular flexibility index (Phi) is 9.55. The van der Waals surface area contributed by atoms with Gasteiger partial charge in [-0.3, -0.25) is 0 Å². The lowest BCUT2D eigenvalue weighted by Gasteiger charge is -2.23. The minimum atomic E-state index is -0.102. The molecule has 0 fully saturated rings. The Hall–Kier alpha value is -2.16. The zero-order chi connectivity index (χ0) is 20.5. The third kappa shape index (κ3) is 6.42. The first-order valence-electron chi connectivity index (χ1n) is 9.99. The number of hydrogen-bond donors (Lipinski definition) is 0. The maximum absolute atomic E-state index is 3.80. The largest absolute Gasteiger partial charge is 0.114 e. The summed E-state index contributed by atoms with van der Waals surface area (Å²) < 4.78 is -0.102. The molecule has 0 bridgehead atoms. The number of hydrogen-bond acceptors (Lipinski definition) is 0. The van der Waals surface area contributed by atoms with E-state index in [0.717, 1.165) is 0 Å². The number of benzene rings is 4. The monoisotopic (exact) mass is 522 g/mol. The molecule has 0 nitrogen and oxygen atoms in total. The van der Waals surface area contributed by atoms with Crippen molar-refractivity contribution < 1.29 is 0 Å². The minimum Gasteiger partial charge on any atom is -0.114 e. The summed E-state index contributed by atoms with van der Waals surface area (Å²) in [6.45, 7) is 4.42. The molecular formula is C28H28Br2. The van der Waals surface area contributed by atoms with Crippen molar-refractivity contribution in [3.05, 3.63) is 144 Å². The summed E-state index contributed by atoms with van der Waals surface area (Å²) in [6.07, 6.45) is 0. The van der Waals surface area contributed by atoms with Gasteiger partial charge < -0.3 is 0 Å². The van der Waals surface area contributed by atoms with Gasteiger partial charge in [-0.2, -0.15) is 0 Å². The van der Waals surface area contributed by atoms with Gasteiger partial charge in [0.25, 0.3) is 0 Å². The van der Waals surface area contributed by atoms with Gasteiger partial charge in [-0.25, -0.2) is 0 Å². The summed E-state index contributed by atoms with van der Waals surface area (Å²) in [6, 6.07) is 42.1. The topological polar surface area (TPSA) is 0 Å². The van der Waals surface area contributed by atoms with E-state index in [0.29, 0.717) is 5.92 Å². The maximum Gasteiger partial charge on any atom is 0.0726 e. The molecule has 0 saturated carbocycles. The zero-order valence-corrected chi connectivity index (χ0v) is 20.7. The van der Waals surface area contributed by atoms with Crippen LogP contribution in [0.5, 0.6) is 0 Å². The van der Waals surface area contributed by atoms with Crippen LogP contribution in [0.15, 0.2) is 121 Å². The standard InChI is InChI=1S/C14H13Br.C14H14.BrH/c1-14(15,12-8-4-2-5-9-12)13-10-6-3-7-11-13;1-12(13-8-4-2-5-9-13)14-10-6-3-7-11-14;/h2-11H,1H3;2-12H,1H3;1H. The van der Waals surface area contributed by atoms with E-state index in [1.807, 2.05) is 12.1 Å². The average molecular weight is 524 g/mol. The molecule has 0 spiro atoms. The molecule has 0 saturated heterocycles. The van der Waals surface area contributed by atoms with Crippen LogP contribution in [0.2, 0.25) is 0 Å². The van der Waals surface area contributed by atoms with Gasteiger partial charge in [0.15, 0.2) is 0 Å². The third-order valence-electron chi connectivity index (χ3n) is 5.23. The van der Waals surface area contributed by atoms with Crippen molar-refractivity contribution in [2.24, 2.45) is 0 Å². The Morgan fingerprint density at radius 3 is 1.10 bits per heavy atom. The fraction of sp³-hybridized carbons (Fsp3) is 0.143. The highest BCUT2D eigenvalue weighted by Gasteiger charge is 2.24. The van der Waals surface area contributed by atoms with Crippen molar-refractivity contribution in [3.63, 3.8) is 0 Å². The fourth-order valence-electron chi connectivity index (χ4n) is 3.34. The summed E-state index contributed by atoms with van der Waals surface area (Å²) in [5.41, 5.74) is 5.30. The van der Waals surface area contributed by atoms with Crippen molar-refractivity contribution >= 4 is 32.9 Å². The van der Waals surface area contributed by atoms with Gasteiger partial charge in [0.2, 0.25) is 0 Å². The second-order valence-corrected chi connectivity index (χ2v) is 8.86. The van der Waals surface area contributed by atoms with Crippen LogP contribution >= 0.6 is 32.9 Å². The SMILES string of the molecule is Br.CC(Br)(c1ccccc1)c1ccccc1.CC(c1ccccc1)c1ccccc1. The van der Waals surface area contributed by atoms with E-state index in [-0.39, 0.29) is 21.3 Å². The van der Waals surface area contributed by atoms with Crippen molar-refractivity contribution in [1.82, 2.24) is 0 Å². The summed E-state index contributed by atoms with van der Waals surface area (Å²) in [4.78, 5) is 0. The lowest BCUT2D eigenvalue weighted by atomic mass is 9.93. The van der Waals surface area contributed by atoms with Crippen LogP contribution in [0, 0.1) is 0 Å². The zero-order valence-electron chi connectivity index (χ0n) is 17.4. The maximum atomic E-state index is 3.80. The molecule has 0 aliphatic rings. The van der Waals surface area contributed by atoms with Crippen LogP contribution in [-0.4, -0.2) is 0 Å². The van der Waals surface area contributed by atoms with Crippen LogP contribution in [-0.2, 0) is 4.32 Å². The smallest absolute Gasteiger partial charge is 0.0726 e. The second-order valence-electron chi connectivity index (χ2n) is 7.28. The highest BCUT2D eigenvalue weighted by atomic mass is 79.9. The molecule has 30 heavy (non-hydrogen) atoms. The van der Waals surface area contributed by atoms with Crippen molar-refractivity contribution in [2.75, 3.05) is 0 Å². The molecule has 0 aliphatic carbocycles. The van der Waals surface area contributed by atoms with Gasteiger partial charge in [-0.05, 0) is 29.2 Å². The molecular weight excluding hydrogens is 496 g/mol. The highest BCUT2D eigenvalue weighted by Crippen LogP contribution is 2.37. The van der Waals surface area contributed by atoms with E-state index in [9.17, 15) is 0 Å². The molecule has 4 aromatic rings. The Morgan fingerprint density at radius 1 is 0.533 bits per heavy atom. The van der Waals surface area contributed by atoms with E-state index in [2.05, 4.69) is 139 Å².